The Morgan fingerprint density at radius 1 is 1.38 bits per heavy atom. The second kappa shape index (κ2) is 5.48. The first-order chi connectivity index (χ1) is 7.77. The van der Waals surface area contributed by atoms with Gasteiger partial charge in [-0.05, 0) is 30.9 Å². The SMILES string of the molecule is O=C(NCCc1ccccc1Br)C1CCC1. The highest BCUT2D eigenvalue weighted by molar-refractivity contribution is 9.10. The first-order valence-electron chi connectivity index (χ1n) is 5.78. The lowest BCUT2D eigenvalue weighted by Crippen LogP contribution is -2.35. The van der Waals surface area contributed by atoms with Crippen LogP contribution in [0, 0.1) is 5.92 Å². The van der Waals surface area contributed by atoms with E-state index in [0.29, 0.717) is 5.92 Å². The molecule has 0 atom stereocenters. The van der Waals surface area contributed by atoms with Crippen LogP contribution in [0.5, 0.6) is 0 Å². The Hall–Kier alpha value is -0.830. The van der Waals surface area contributed by atoms with Gasteiger partial charge in [0.1, 0.15) is 0 Å². The molecule has 1 aromatic carbocycles. The maximum absolute atomic E-state index is 11.6. The lowest BCUT2D eigenvalue weighted by atomic mass is 9.85. The summed E-state index contributed by atoms with van der Waals surface area (Å²) >= 11 is 3.50. The molecule has 1 N–H and O–H groups in total. The minimum Gasteiger partial charge on any atom is -0.356 e. The minimum absolute atomic E-state index is 0.235. The number of rotatable bonds is 4. The zero-order valence-corrected chi connectivity index (χ0v) is 10.8. The average Bonchev–Trinajstić information content (AvgIpc) is 2.18. The molecule has 0 saturated heterocycles. The van der Waals surface area contributed by atoms with E-state index in [1.807, 2.05) is 18.2 Å². The standard InChI is InChI=1S/C13H16BrNO/c14-12-7-2-1-4-10(12)8-9-15-13(16)11-5-3-6-11/h1-2,4,7,11H,3,5-6,8-9H2,(H,15,16). The van der Waals surface area contributed by atoms with Crippen LogP contribution in [0.4, 0.5) is 0 Å². The fraction of sp³-hybridized carbons (Fsp3) is 0.462. The van der Waals surface area contributed by atoms with E-state index in [-0.39, 0.29) is 5.91 Å². The summed E-state index contributed by atoms with van der Waals surface area (Å²) in [6.07, 6.45) is 4.24. The van der Waals surface area contributed by atoms with Gasteiger partial charge >= 0.3 is 0 Å². The molecule has 0 aliphatic heterocycles. The van der Waals surface area contributed by atoms with Crippen molar-refractivity contribution in [2.75, 3.05) is 6.54 Å². The monoisotopic (exact) mass is 281 g/mol. The molecule has 3 heteroatoms. The van der Waals surface area contributed by atoms with Crippen LogP contribution in [0.2, 0.25) is 0 Å². The van der Waals surface area contributed by atoms with Crippen LogP contribution in [0.25, 0.3) is 0 Å². The summed E-state index contributed by atoms with van der Waals surface area (Å²) in [4.78, 5) is 11.6. The van der Waals surface area contributed by atoms with Gasteiger partial charge in [-0.2, -0.15) is 0 Å². The van der Waals surface area contributed by atoms with Crippen molar-refractivity contribution in [1.82, 2.24) is 5.32 Å². The largest absolute Gasteiger partial charge is 0.356 e. The molecule has 0 unspecified atom stereocenters. The quantitative estimate of drug-likeness (QED) is 0.904. The van der Waals surface area contributed by atoms with E-state index in [9.17, 15) is 4.79 Å². The highest BCUT2D eigenvalue weighted by Crippen LogP contribution is 2.26. The number of carbonyl (C=O) groups is 1. The maximum atomic E-state index is 11.6. The molecule has 0 radical (unpaired) electrons. The van der Waals surface area contributed by atoms with Gasteiger partial charge < -0.3 is 5.32 Å². The number of nitrogens with one attached hydrogen (secondary N) is 1. The Morgan fingerprint density at radius 3 is 2.75 bits per heavy atom. The molecule has 0 aromatic heterocycles. The summed E-state index contributed by atoms with van der Waals surface area (Å²) in [7, 11) is 0. The number of benzene rings is 1. The number of halogens is 1. The van der Waals surface area contributed by atoms with E-state index < -0.39 is 0 Å². The van der Waals surface area contributed by atoms with Crippen LogP contribution in [0.3, 0.4) is 0 Å². The summed E-state index contributed by atoms with van der Waals surface area (Å²) in [5, 5.41) is 3.00. The van der Waals surface area contributed by atoms with Crippen molar-refractivity contribution in [3.8, 4) is 0 Å². The third-order valence-electron chi connectivity index (χ3n) is 3.13. The van der Waals surface area contributed by atoms with E-state index >= 15 is 0 Å². The lowest BCUT2D eigenvalue weighted by Gasteiger charge is -2.24. The van der Waals surface area contributed by atoms with Crippen molar-refractivity contribution in [2.45, 2.75) is 25.7 Å². The lowest BCUT2D eigenvalue weighted by molar-refractivity contribution is -0.127. The fourth-order valence-corrected chi connectivity index (χ4v) is 2.32. The summed E-state index contributed by atoms with van der Waals surface area (Å²) < 4.78 is 1.12. The van der Waals surface area contributed by atoms with E-state index in [1.165, 1.54) is 12.0 Å². The predicted octanol–water partition coefficient (Wildman–Crippen LogP) is 2.91. The molecule has 16 heavy (non-hydrogen) atoms. The van der Waals surface area contributed by atoms with Crippen molar-refractivity contribution in [3.05, 3.63) is 34.3 Å². The summed E-state index contributed by atoms with van der Waals surface area (Å²) in [6.45, 7) is 0.734. The molecular weight excluding hydrogens is 266 g/mol. The van der Waals surface area contributed by atoms with E-state index in [0.717, 1.165) is 30.3 Å². The molecule has 2 rings (SSSR count). The van der Waals surface area contributed by atoms with Crippen molar-refractivity contribution < 1.29 is 4.79 Å². The third kappa shape index (κ3) is 2.85. The summed E-state index contributed by atoms with van der Waals surface area (Å²) in [5.74, 6) is 0.525. The van der Waals surface area contributed by atoms with Crippen LogP contribution in [-0.4, -0.2) is 12.5 Å². The highest BCUT2D eigenvalue weighted by atomic mass is 79.9. The van der Waals surface area contributed by atoms with Gasteiger partial charge in [-0.15, -0.1) is 0 Å². The Kier molecular flexibility index (Phi) is 3.99. The van der Waals surface area contributed by atoms with Gasteiger partial charge in [0.2, 0.25) is 5.91 Å². The van der Waals surface area contributed by atoms with Crippen LogP contribution in [0.1, 0.15) is 24.8 Å². The second-order valence-electron chi connectivity index (χ2n) is 4.26. The van der Waals surface area contributed by atoms with Gasteiger partial charge in [0.05, 0.1) is 0 Å². The normalized spacial score (nSPS) is 15.6. The predicted molar refractivity (Wildman–Crippen MR) is 68.2 cm³/mol. The first kappa shape index (κ1) is 11.6. The maximum Gasteiger partial charge on any atom is 0.223 e. The van der Waals surface area contributed by atoms with E-state index in [2.05, 4.69) is 27.3 Å². The molecule has 0 heterocycles. The van der Waals surface area contributed by atoms with Gasteiger partial charge in [0, 0.05) is 16.9 Å². The van der Waals surface area contributed by atoms with Crippen LogP contribution in [-0.2, 0) is 11.2 Å². The van der Waals surface area contributed by atoms with Crippen molar-refractivity contribution >= 4 is 21.8 Å². The molecule has 1 aromatic rings. The Morgan fingerprint density at radius 2 is 2.12 bits per heavy atom. The van der Waals surface area contributed by atoms with Crippen molar-refractivity contribution in [3.63, 3.8) is 0 Å². The molecule has 2 nitrogen and oxygen atoms in total. The fourth-order valence-electron chi connectivity index (χ4n) is 1.84. The Balaban J connectivity index is 1.75. The summed E-state index contributed by atoms with van der Waals surface area (Å²) in [5.41, 5.74) is 1.25. The molecule has 0 spiro atoms. The molecule has 1 saturated carbocycles. The smallest absolute Gasteiger partial charge is 0.223 e. The molecule has 1 aliphatic rings. The van der Waals surface area contributed by atoms with E-state index in [1.54, 1.807) is 0 Å². The topological polar surface area (TPSA) is 29.1 Å². The Labute approximate surface area is 105 Å². The molecular formula is C13H16BrNO. The van der Waals surface area contributed by atoms with Crippen LogP contribution in [0.15, 0.2) is 28.7 Å². The zero-order chi connectivity index (χ0) is 11.4. The van der Waals surface area contributed by atoms with Crippen molar-refractivity contribution in [1.29, 1.82) is 0 Å². The summed E-state index contributed by atoms with van der Waals surface area (Å²) in [6, 6.07) is 8.14. The molecule has 1 amide bonds. The van der Waals surface area contributed by atoms with Gasteiger partial charge in [-0.25, -0.2) is 0 Å². The van der Waals surface area contributed by atoms with Gasteiger partial charge in [-0.3, -0.25) is 4.79 Å². The van der Waals surface area contributed by atoms with Gasteiger partial charge in [0.25, 0.3) is 0 Å². The average molecular weight is 282 g/mol. The molecule has 86 valence electrons. The second-order valence-corrected chi connectivity index (χ2v) is 5.11. The van der Waals surface area contributed by atoms with Crippen LogP contribution < -0.4 is 5.32 Å². The zero-order valence-electron chi connectivity index (χ0n) is 9.21. The number of hydrogen-bond donors (Lipinski definition) is 1. The van der Waals surface area contributed by atoms with Gasteiger partial charge in [0.15, 0.2) is 0 Å². The number of carbonyl (C=O) groups excluding carboxylic acids is 1. The first-order valence-corrected chi connectivity index (χ1v) is 6.58. The third-order valence-corrected chi connectivity index (χ3v) is 3.90. The minimum atomic E-state index is 0.235. The number of amides is 1. The molecule has 1 fully saturated rings. The molecule has 1 aliphatic carbocycles. The van der Waals surface area contributed by atoms with Crippen molar-refractivity contribution in [2.24, 2.45) is 5.92 Å². The van der Waals surface area contributed by atoms with Crippen LogP contribution >= 0.6 is 15.9 Å². The van der Waals surface area contributed by atoms with E-state index in [4.69, 9.17) is 0 Å². The number of hydrogen-bond acceptors (Lipinski definition) is 1. The van der Waals surface area contributed by atoms with Gasteiger partial charge in [-0.1, -0.05) is 40.5 Å². The highest BCUT2D eigenvalue weighted by Gasteiger charge is 2.24. The Bertz CT molecular complexity index is 374. The molecule has 0 bridgehead atoms.